The number of ether oxygens (including phenoxy) is 2. The summed E-state index contributed by atoms with van der Waals surface area (Å²) in [6, 6.07) is 16.1. The Labute approximate surface area is 124 Å². The molecule has 1 aromatic heterocycles. The van der Waals surface area contributed by atoms with Crippen LogP contribution in [0.2, 0.25) is 0 Å². The first-order valence-corrected chi connectivity index (χ1v) is 6.82. The van der Waals surface area contributed by atoms with Gasteiger partial charge in [-0.2, -0.15) is 0 Å². The highest BCUT2D eigenvalue weighted by molar-refractivity contribution is 5.89. The molecule has 0 atom stereocenters. The summed E-state index contributed by atoms with van der Waals surface area (Å²) in [5, 5.41) is 1.09. The van der Waals surface area contributed by atoms with Crippen molar-refractivity contribution in [2.24, 2.45) is 0 Å². The second kappa shape index (κ2) is 5.44. The summed E-state index contributed by atoms with van der Waals surface area (Å²) in [6.07, 6.45) is 0. The topological polar surface area (TPSA) is 31.4 Å². The SMILES string of the molecule is COc1ccccc1-c1cc2cccc(C)c2nc1OC. The fourth-order valence-corrected chi connectivity index (χ4v) is 2.55. The zero-order valence-corrected chi connectivity index (χ0v) is 12.4. The zero-order chi connectivity index (χ0) is 14.8. The molecule has 0 amide bonds. The fourth-order valence-electron chi connectivity index (χ4n) is 2.55. The molecule has 3 nitrogen and oxygen atoms in total. The molecule has 21 heavy (non-hydrogen) atoms. The van der Waals surface area contributed by atoms with Crippen LogP contribution in [0.25, 0.3) is 22.0 Å². The van der Waals surface area contributed by atoms with Crippen LogP contribution in [-0.4, -0.2) is 19.2 Å². The van der Waals surface area contributed by atoms with E-state index in [4.69, 9.17) is 9.47 Å². The van der Waals surface area contributed by atoms with E-state index in [9.17, 15) is 0 Å². The molecule has 1 heterocycles. The van der Waals surface area contributed by atoms with Crippen LogP contribution in [-0.2, 0) is 0 Å². The minimum atomic E-state index is 0.612. The van der Waals surface area contributed by atoms with Gasteiger partial charge in [0, 0.05) is 16.5 Å². The molecule has 0 aliphatic rings. The van der Waals surface area contributed by atoms with Gasteiger partial charge in [0.1, 0.15) is 5.75 Å². The molecule has 0 bridgehead atoms. The summed E-state index contributed by atoms with van der Waals surface area (Å²) in [7, 11) is 3.31. The average molecular weight is 279 g/mol. The zero-order valence-electron chi connectivity index (χ0n) is 12.4. The molecule has 0 unspecified atom stereocenters. The van der Waals surface area contributed by atoms with Gasteiger partial charge in [0.05, 0.1) is 19.7 Å². The van der Waals surface area contributed by atoms with Crippen LogP contribution in [0.15, 0.2) is 48.5 Å². The lowest BCUT2D eigenvalue weighted by Gasteiger charge is -2.13. The van der Waals surface area contributed by atoms with Crippen molar-refractivity contribution in [1.82, 2.24) is 4.98 Å². The van der Waals surface area contributed by atoms with Crippen molar-refractivity contribution in [3.8, 4) is 22.8 Å². The number of nitrogens with zero attached hydrogens (tertiary/aromatic N) is 1. The molecule has 0 radical (unpaired) electrons. The van der Waals surface area contributed by atoms with Crippen LogP contribution in [0.1, 0.15) is 5.56 Å². The summed E-state index contributed by atoms with van der Waals surface area (Å²) >= 11 is 0. The minimum absolute atomic E-state index is 0.612. The molecule has 0 saturated heterocycles. The van der Waals surface area contributed by atoms with E-state index in [2.05, 4.69) is 30.1 Å². The predicted octanol–water partition coefficient (Wildman–Crippen LogP) is 4.23. The Morgan fingerprint density at radius 3 is 2.43 bits per heavy atom. The number of methoxy groups -OCH3 is 2. The second-order valence-corrected chi connectivity index (χ2v) is 4.89. The minimum Gasteiger partial charge on any atom is -0.496 e. The monoisotopic (exact) mass is 279 g/mol. The number of rotatable bonds is 3. The Hall–Kier alpha value is -2.55. The molecule has 3 heteroatoms. The van der Waals surface area contributed by atoms with E-state index in [0.29, 0.717) is 5.88 Å². The maximum Gasteiger partial charge on any atom is 0.221 e. The highest BCUT2D eigenvalue weighted by Crippen LogP contribution is 2.37. The highest BCUT2D eigenvalue weighted by atomic mass is 16.5. The first-order chi connectivity index (χ1) is 10.2. The van der Waals surface area contributed by atoms with Crippen molar-refractivity contribution < 1.29 is 9.47 Å². The summed E-state index contributed by atoms with van der Waals surface area (Å²) in [6.45, 7) is 2.05. The van der Waals surface area contributed by atoms with Gasteiger partial charge in [-0.25, -0.2) is 4.98 Å². The van der Waals surface area contributed by atoms with Gasteiger partial charge >= 0.3 is 0 Å². The van der Waals surface area contributed by atoms with Gasteiger partial charge < -0.3 is 9.47 Å². The number of aryl methyl sites for hydroxylation is 1. The Kier molecular flexibility index (Phi) is 3.48. The van der Waals surface area contributed by atoms with E-state index in [1.54, 1.807) is 14.2 Å². The Morgan fingerprint density at radius 1 is 0.857 bits per heavy atom. The van der Waals surface area contributed by atoms with Crippen LogP contribution in [0, 0.1) is 6.92 Å². The molecule has 3 rings (SSSR count). The van der Waals surface area contributed by atoms with Crippen LogP contribution in [0.5, 0.6) is 11.6 Å². The van der Waals surface area contributed by atoms with Crippen molar-refractivity contribution in [3.05, 3.63) is 54.1 Å². The summed E-state index contributed by atoms with van der Waals surface area (Å²) < 4.78 is 10.9. The molecule has 106 valence electrons. The lowest BCUT2D eigenvalue weighted by atomic mass is 10.0. The van der Waals surface area contributed by atoms with E-state index in [0.717, 1.165) is 33.3 Å². The van der Waals surface area contributed by atoms with Gasteiger partial charge in [-0.1, -0.05) is 36.4 Å². The standard InChI is InChI=1S/C18H17NO2/c1-12-7-6-8-13-11-15(18(21-3)19-17(12)13)14-9-4-5-10-16(14)20-2/h4-11H,1-3H3. The number of para-hydroxylation sites is 2. The fraction of sp³-hybridized carbons (Fsp3) is 0.167. The Balaban J connectivity index is 2.31. The lowest BCUT2D eigenvalue weighted by Crippen LogP contribution is -1.95. The maximum absolute atomic E-state index is 5.50. The number of benzene rings is 2. The molecule has 0 fully saturated rings. The van der Waals surface area contributed by atoms with E-state index >= 15 is 0 Å². The molecule has 0 spiro atoms. The van der Waals surface area contributed by atoms with Crippen LogP contribution < -0.4 is 9.47 Å². The van der Waals surface area contributed by atoms with Gasteiger partial charge in [-0.3, -0.25) is 0 Å². The molecule has 0 saturated carbocycles. The van der Waals surface area contributed by atoms with Crippen molar-refractivity contribution in [2.45, 2.75) is 6.92 Å². The normalized spacial score (nSPS) is 10.6. The van der Waals surface area contributed by atoms with Crippen LogP contribution >= 0.6 is 0 Å². The highest BCUT2D eigenvalue weighted by Gasteiger charge is 2.14. The molecular weight excluding hydrogens is 262 g/mol. The van der Waals surface area contributed by atoms with Crippen LogP contribution in [0.4, 0.5) is 0 Å². The Bertz CT molecular complexity index is 796. The lowest BCUT2D eigenvalue weighted by molar-refractivity contribution is 0.399. The third-order valence-corrected chi connectivity index (χ3v) is 3.60. The quantitative estimate of drug-likeness (QED) is 0.719. The Morgan fingerprint density at radius 2 is 1.67 bits per heavy atom. The largest absolute Gasteiger partial charge is 0.496 e. The molecule has 0 N–H and O–H groups in total. The molecule has 0 aliphatic carbocycles. The molecular formula is C18H17NO2. The van der Waals surface area contributed by atoms with Gasteiger partial charge in [-0.15, -0.1) is 0 Å². The van der Waals surface area contributed by atoms with Gasteiger partial charge in [0.25, 0.3) is 0 Å². The first kappa shape index (κ1) is 13.4. The number of hydrogen-bond acceptors (Lipinski definition) is 3. The van der Waals surface area contributed by atoms with Gasteiger partial charge in [0.15, 0.2) is 0 Å². The summed E-state index contributed by atoms with van der Waals surface area (Å²) in [5.41, 5.74) is 4.02. The van der Waals surface area contributed by atoms with Gasteiger partial charge in [-0.05, 0) is 24.6 Å². The van der Waals surface area contributed by atoms with Gasteiger partial charge in [0.2, 0.25) is 5.88 Å². The smallest absolute Gasteiger partial charge is 0.221 e. The van der Waals surface area contributed by atoms with Crippen molar-refractivity contribution in [1.29, 1.82) is 0 Å². The van der Waals surface area contributed by atoms with Crippen molar-refractivity contribution >= 4 is 10.9 Å². The predicted molar refractivity (Wildman–Crippen MR) is 85.0 cm³/mol. The van der Waals surface area contributed by atoms with Crippen molar-refractivity contribution in [3.63, 3.8) is 0 Å². The molecule has 2 aromatic carbocycles. The number of aromatic nitrogens is 1. The number of fused-ring (bicyclic) bond motifs is 1. The third-order valence-electron chi connectivity index (χ3n) is 3.60. The van der Waals surface area contributed by atoms with Crippen molar-refractivity contribution in [2.75, 3.05) is 14.2 Å². The summed E-state index contributed by atoms with van der Waals surface area (Å²) in [4.78, 5) is 4.67. The maximum atomic E-state index is 5.50. The summed E-state index contributed by atoms with van der Waals surface area (Å²) in [5.74, 6) is 1.42. The first-order valence-electron chi connectivity index (χ1n) is 6.82. The molecule has 0 aliphatic heterocycles. The van der Waals surface area contributed by atoms with E-state index in [1.165, 1.54) is 0 Å². The van der Waals surface area contributed by atoms with E-state index in [-0.39, 0.29) is 0 Å². The van der Waals surface area contributed by atoms with E-state index < -0.39 is 0 Å². The second-order valence-electron chi connectivity index (χ2n) is 4.89. The number of hydrogen-bond donors (Lipinski definition) is 0. The van der Waals surface area contributed by atoms with Crippen LogP contribution in [0.3, 0.4) is 0 Å². The number of pyridine rings is 1. The average Bonchev–Trinajstić information content (AvgIpc) is 2.54. The molecule has 3 aromatic rings. The van der Waals surface area contributed by atoms with E-state index in [1.807, 2.05) is 30.3 Å². The third kappa shape index (κ3) is 2.31.